The third-order valence-corrected chi connectivity index (χ3v) is 8.64. The van der Waals surface area contributed by atoms with Crippen molar-refractivity contribution in [3.63, 3.8) is 0 Å². The molecule has 8 nitrogen and oxygen atoms in total. The number of methoxy groups -OCH3 is 3. The average molecular weight is 595 g/mol. The van der Waals surface area contributed by atoms with E-state index in [1.165, 1.54) is 22.7 Å². The van der Waals surface area contributed by atoms with Crippen molar-refractivity contribution in [1.29, 1.82) is 0 Å². The number of benzene rings is 3. The maximum Gasteiger partial charge on any atom is 0.269 e. The highest BCUT2D eigenvalue weighted by molar-refractivity contribution is 7.21. The number of carbonyl (C=O) groups excluding carboxylic acids is 1. The van der Waals surface area contributed by atoms with Crippen molar-refractivity contribution in [2.75, 3.05) is 32.4 Å². The van der Waals surface area contributed by atoms with Gasteiger partial charge in [0, 0.05) is 33.0 Å². The molecule has 6 aromatic rings. The van der Waals surface area contributed by atoms with Crippen molar-refractivity contribution >= 4 is 49.6 Å². The largest absolute Gasteiger partial charge is 0.497 e. The molecule has 0 unspecified atom stereocenters. The monoisotopic (exact) mass is 594 g/mol. The molecule has 3 heterocycles. The number of pyridine rings is 1. The van der Waals surface area contributed by atoms with Crippen molar-refractivity contribution in [3.05, 3.63) is 89.1 Å². The number of rotatable bonds is 8. The van der Waals surface area contributed by atoms with E-state index in [2.05, 4.69) is 10.3 Å². The van der Waals surface area contributed by atoms with Crippen LogP contribution in [0.4, 0.5) is 10.8 Å². The molecule has 0 aliphatic carbocycles. The molecule has 0 saturated carbocycles. The highest BCUT2D eigenvalue weighted by Crippen LogP contribution is 2.45. The van der Waals surface area contributed by atoms with Crippen LogP contribution in [0.1, 0.15) is 9.67 Å². The molecule has 210 valence electrons. The highest BCUT2D eigenvalue weighted by Gasteiger charge is 2.24. The number of aromatic nitrogens is 2. The number of hydrogen-bond donors (Lipinski definition) is 2. The van der Waals surface area contributed by atoms with Crippen LogP contribution < -0.4 is 25.3 Å². The lowest BCUT2D eigenvalue weighted by Crippen LogP contribution is -2.11. The van der Waals surface area contributed by atoms with Crippen LogP contribution in [0.2, 0.25) is 0 Å². The smallest absolute Gasteiger partial charge is 0.269 e. The second-order valence-corrected chi connectivity index (χ2v) is 11.1. The standard InChI is InChI=1S/C32H26N4O4S2/c1-38-20-11-9-19(10-12-20)25-17-41-32(35-25)36-30(37)29-28(33)27-23(22-15-21(39-2)13-14-26(22)40-3)16-24(34-31(27)42-29)18-7-5-4-6-8-18/h4-17H,33H2,1-3H3,(H,35,36,37). The maximum absolute atomic E-state index is 13.6. The molecular weight excluding hydrogens is 569 g/mol. The molecule has 3 aromatic carbocycles. The van der Waals surface area contributed by atoms with Gasteiger partial charge in [-0.25, -0.2) is 9.97 Å². The number of nitrogens with one attached hydrogen (secondary N) is 1. The molecular formula is C32H26N4O4S2. The van der Waals surface area contributed by atoms with Gasteiger partial charge in [0.15, 0.2) is 5.13 Å². The lowest BCUT2D eigenvalue weighted by atomic mass is 9.98. The molecule has 0 bridgehead atoms. The Balaban J connectivity index is 1.42. The van der Waals surface area contributed by atoms with Gasteiger partial charge < -0.3 is 19.9 Å². The van der Waals surface area contributed by atoms with Crippen LogP contribution >= 0.6 is 22.7 Å². The van der Waals surface area contributed by atoms with Crippen LogP contribution in [-0.4, -0.2) is 37.2 Å². The van der Waals surface area contributed by atoms with Crippen LogP contribution in [0.25, 0.3) is 43.9 Å². The Bertz CT molecular complexity index is 1900. The van der Waals surface area contributed by atoms with Crippen molar-refractivity contribution in [1.82, 2.24) is 9.97 Å². The van der Waals surface area contributed by atoms with Gasteiger partial charge in [-0.1, -0.05) is 30.3 Å². The molecule has 3 aromatic heterocycles. The van der Waals surface area contributed by atoms with Crippen LogP contribution in [0.5, 0.6) is 17.2 Å². The lowest BCUT2D eigenvalue weighted by Gasteiger charge is -2.13. The van der Waals surface area contributed by atoms with Gasteiger partial charge >= 0.3 is 0 Å². The Labute approximate surface area is 250 Å². The minimum atomic E-state index is -0.351. The number of nitrogens with zero attached hydrogens (tertiary/aromatic N) is 2. The van der Waals surface area contributed by atoms with Gasteiger partial charge in [-0.3, -0.25) is 10.1 Å². The lowest BCUT2D eigenvalue weighted by molar-refractivity contribution is 0.103. The summed E-state index contributed by atoms with van der Waals surface area (Å²) in [5.74, 6) is 1.72. The molecule has 1 amide bonds. The van der Waals surface area contributed by atoms with Gasteiger partial charge in [0.25, 0.3) is 5.91 Å². The normalized spacial score (nSPS) is 10.9. The van der Waals surface area contributed by atoms with Gasteiger partial charge in [-0.05, 0) is 48.5 Å². The van der Waals surface area contributed by atoms with Gasteiger partial charge in [0.05, 0.1) is 38.4 Å². The predicted octanol–water partition coefficient (Wildman–Crippen LogP) is 7.61. The summed E-state index contributed by atoms with van der Waals surface area (Å²) >= 11 is 2.58. The van der Waals surface area contributed by atoms with Gasteiger partial charge in [0.1, 0.15) is 27.0 Å². The van der Waals surface area contributed by atoms with Gasteiger partial charge in [-0.15, -0.1) is 22.7 Å². The molecule has 10 heteroatoms. The minimum Gasteiger partial charge on any atom is -0.497 e. The van der Waals surface area contributed by atoms with E-state index in [1.54, 1.807) is 21.3 Å². The first kappa shape index (κ1) is 27.3. The van der Waals surface area contributed by atoms with E-state index in [0.717, 1.165) is 39.4 Å². The Kier molecular flexibility index (Phi) is 7.47. The number of nitrogens with two attached hydrogens (primary N) is 1. The number of amides is 1. The van der Waals surface area contributed by atoms with Gasteiger partial charge in [0.2, 0.25) is 0 Å². The second kappa shape index (κ2) is 11.5. The number of nitrogen functional groups attached to an aromatic ring is 1. The summed E-state index contributed by atoms with van der Waals surface area (Å²) in [4.78, 5) is 24.1. The summed E-state index contributed by atoms with van der Waals surface area (Å²) < 4.78 is 16.5. The maximum atomic E-state index is 13.6. The molecule has 42 heavy (non-hydrogen) atoms. The fourth-order valence-corrected chi connectivity index (χ4v) is 6.39. The first-order valence-corrected chi connectivity index (χ1v) is 14.6. The van der Waals surface area contributed by atoms with Crippen molar-refractivity contribution < 1.29 is 19.0 Å². The zero-order chi connectivity index (χ0) is 29.2. The average Bonchev–Trinajstić information content (AvgIpc) is 3.65. The van der Waals surface area contributed by atoms with Gasteiger partial charge in [-0.2, -0.15) is 0 Å². The fraction of sp³-hybridized carbons (Fsp3) is 0.0938. The van der Waals surface area contributed by atoms with E-state index in [9.17, 15) is 4.79 Å². The van der Waals surface area contributed by atoms with E-state index in [4.69, 9.17) is 24.9 Å². The third kappa shape index (κ3) is 5.13. The molecule has 0 fully saturated rings. The summed E-state index contributed by atoms with van der Waals surface area (Å²) in [6.45, 7) is 0. The number of fused-ring (bicyclic) bond motifs is 1. The van der Waals surface area contributed by atoms with E-state index >= 15 is 0 Å². The first-order chi connectivity index (χ1) is 20.5. The second-order valence-electron chi connectivity index (χ2n) is 9.23. The number of anilines is 2. The van der Waals surface area contributed by atoms with E-state index in [-0.39, 0.29) is 5.91 Å². The highest BCUT2D eigenvalue weighted by atomic mass is 32.1. The third-order valence-electron chi connectivity index (χ3n) is 6.78. The molecule has 6 rings (SSSR count). The summed E-state index contributed by atoms with van der Waals surface area (Å²) in [7, 11) is 4.86. The van der Waals surface area contributed by atoms with E-state index in [1.807, 2.05) is 84.2 Å². The predicted molar refractivity (Wildman–Crippen MR) is 170 cm³/mol. The molecule has 0 spiro atoms. The number of ether oxygens (including phenoxy) is 3. The molecule has 0 aliphatic rings. The fourth-order valence-electron chi connectivity index (χ4n) is 4.66. The number of thiophene rings is 1. The van der Waals surface area contributed by atoms with Crippen LogP contribution in [0.15, 0.2) is 84.2 Å². The van der Waals surface area contributed by atoms with Crippen LogP contribution in [-0.2, 0) is 0 Å². The number of carbonyl (C=O) groups is 1. The summed E-state index contributed by atoms with van der Waals surface area (Å²) in [5, 5.41) is 5.96. The number of thiazole rings is 1. The zero-order valence-electron chi connectivity index (χ0n) is 23.0. The van der Waals surface area contributed by atoms with E-state index in [0.29, 0.717) is 37.4 Å². The zero-order valence-corrected chi connectivity index (χ0v) is 24.6. The van der Waals surface area contributed by atoms with Crippen molar-refractivity contribution in [2.24, 2.45) is 0 Å². The topological polar surface area (TPSA) is 109 Å². The van der Waals surface area contributed by atoms with Crippen molar-refractivity contribution in [2.45, 2.75) is 0 Å². The Morgan fingerprint density at radius 3 is 2.21 bits per heavy atom. The van der Waals surface area contributed by atoms with Crippen molar-refractivity contribution in [3.8, 4) is 50.9 Å². The molecule has 0 aliphatic heterocycles. The molecule has 0 saturated heterocycles. The van der Waals surface area contributed by atoms with Crippen LogP contribution in [0.3, 0.4) is 0 Å². The molecule has 0 atom stereocenters. The number of hydrogen-bond acceptors (Lipinski definition) is 9. The summed E-state index contributed by atoms with van der Waals surface area (Å²) in [6.07, 6.45) is 0. The summed E-state index contributed by atoms with van der Waals surface area (Å²) in [5.41, 5.74) is 12.0. The van der Waals surface area contributed by atoms with Crippen LogP contribution in [0, 0.1) is 0 Å². The van der Waals surface area contributed by atoms with E-state index < -0.39 is 0 Å². The first-order valence-electron chi connectivity index (χ1n) is 12.9. The molecule has 0 radical (unpaired) electrons. The SMILES string of the molecule is COc1ccc(-c2csc(NC(=O)c3sc4nc(-c5ccccc5)cc(-c5cc(OC)ccc5OC)c4c3N)n2)cc1. The minimum absolute atomic E-state index is 0.339. The quantitative estimate of drug-likeness (QED) is 0.187. The molecule has 3 N–H and O–H groups in total. The Hall–Kier alpha value is -4.93. The summed E-state index contributed by atoms with van der Waals surface area (Å²) in [6, 6.07) is 25.0. The Morgan fingerprint density at radius 1 is 0.786 bits per heavy atom. The Morgan fingerprint density at radius 2 is 1.50 bits per heavy atom.